The number of amides is 3. The van der Waals surface area contributed by atoms with E-state index in [0.717, 1.165) is 16.8 Å². The van der Waals surface area contributed by atoms with Crippen molar-refractivity contribution >= 4 is 41.1 Å². The fourth-order valence-corrected chi connectivity index (χ4v) is 7.91. The van der Waals surface area contributed by atoms with Crippen molar-refractivity contribution in [1.82, 2.24) is 34.9 Å². The number of piperazine rings is 1. The van der Waals surface area contributed by atoms with Crippen molar-refractivity contribution in [2.75, 3.05) is 39.3 Å². The number of hydrogen-bond donors (Lipinski definition) is 0. The number of carbonyl (C=O) groups excluding carboxylic acids is 3. The number of aromatic nitrogens is 4. The van der Waals surface area contributed by atoms with Crippen LogP contribution in [0.1, 0.15) is 35.5 Å². The highest BCUT2D eigenvalue weighted by Crippen LogP contribution is 2.54. The average molecular weight is 667 g/mol. The van der Waals surface area contributed by atoms with Crippen LogP contribution in [0.5, 0.6) is 0 Å². The molecule has 5 atom stereocenters. The van der Waals surface area contributed by atoms with Crippen molar-refractivity contribution in [3.05, 3.63) is 81.1 Å². The lowest BCUT2D eigenvalue weighted by Crippen LogP contribution is -2.54. The van der Waals surface area contributed by atoms with Gasteiger partial charge in [0.2, 0.25) is 11.8 Å². The molecule has 0 N–H and O–H groups in total. The average Bonchev–Trinajstić information content (AvgIpc) is 3.80. The first-order chi connectivity index (χ1) is 22.1. The maximum absolute atomic E-state index is 14.7. The summed E-state index contributed by atoms with van der Waals surface area (Å²) in [5, 5.41) is 13.6. The summed E-state index contributed by atoms with van der Waals surface area (Å²) < 4.78 is 13.3. The van der Waals surface area contributed by atoms with Gasteiger partial charge < -0.3 is 24.2 Å². The minimum atomic E-state index is -0.997. The van der Waals surface area contributed by atoms with Crippen LogP contribution in [0.25, 0.3) is 5.69 Å². The van der Waals surface area contributed by atoms with E-state index in [1.165, 1.54) is 0 Å². The number of carbonyl (C=O) groups is 3. The zero-order valence-corrected chi connectivity index (χ0v) is 27.1. The molecule has 14 heteroatoms. The first kappa shape index (κ1) is 30.6. The quantitative estimate of drug-likeness (QED) is 0.365. The van der Waals surface area contributed by atoms with E-state index in [1.807, 2.05) is 44.2 Å². The summed E-state index contributed by atoms with van der Waals surface area (Å²) in [4.78, 5) is 46.0. The van der Waals surface area contributed by atoms with Gasteiger partial charge in [-0.3, -0.25) is 9.59 Å². The van der Waals surface area contributed by atoms with Crippen LogP contribution < -0.4 is 0 Å². The molecule has 1 spiro atoms. The van der Waals surface area contributed by atoms with E-state index in [-0.39, 0.29) is 25.0 Å². The van der Waals surface area contributed by atoms with Crippen LogP contribution in [-0.4, -0.2) is 104 Å². The number of para-hydroxylation sites is 1. The standard InChI is InChI=1S/C32H33Cl2N7O5/c1-4-45-31(44)39-14-12-38(13-15-39)29(42)24-23-10-11-32(46-23)17-40(30(43)25(24)32)27(21-9-8-20(33)16-22(21)34)28-35-36-37-41(28)26-18(2)6-5-7-19(26)3/h5-11,16,23-25,27H,4,12-15,17H2,1-3H3/t23-,24+,25-,27-,32-/m1/s1. The molecule has 3 amide bonds. The maximum Gasteiger partial charge on any atom is 0.409 e. The van der Waals surface area contributed by atoms with Gasteiger partial charge in [-0.2, -0.15) is 4.68 Å². The van der Waals surface area contributed by atoms with Gasteiger partial charge in [0.1, 0.15) is 11.6 Å². The van der Waals surface area contributed by atoms with Crippen LogP contribution in [0.3, 0.4) is 0 Å². The highest BCUT2D eigenvalue weighted by Gasteiger charge is 2.68. The van der Waals surface area contributed by atoms with Crippen LogP contribution in [0.4, 0.5) is 4.79 Å². The van der Waals surface area contributed by atoms with Crippen LogP contribution in [-0.2, 0) is 19.1 Å². The Bertz CT molecular complexity index is 1740. The first-order valence-electron chi connectivity index (χ1n) is 15.3. The van der Waals surface area contributed by atoms with Crippen LogP contribution >= 0.6 is 23.2 Å². The molecule has 4 aliphatic heterocycles. The zero-order valence-electron chi connectivity index (χ0n) is 25.6. The number of likely N-dealkylation sites (tertiary alicyclic amines) is 1. The predicted molar refractivity (Wildman–Crippen MR) is 168 cm³/mol. The van der Waals surface area contributed by atoms with Crippen LogP contribution in [0, 0.1) is 25.7 Å². The Labute approximate surface area is 275 Å². The van der Waals surface area contributed by atoms with E-state index < -0.39 is 35.7 Å². The predicted octanol–water partition coefficient (Wildman–Crippen LogP) is 3.76. The molecule has 3 aromatic rings. The van der Waals surface area contributed by atoms with Crippen molar-refractivity contribution in [3.63, 3.8) is 0 Å². The molecular formula is C32H33Cl2N7O5. The molecule has 0 radical (unpaired) electrons. The molecular weight excluding hydrogens is 633 g/mol. The van der Waals surface area contributed by atoms with E-state index >= 15 is 0 Å². The monoisotopic (exact) mass is 665 g/mol. The van der Waals surface area contributed by atoms with Gasteiger partial charge in [-0.15, -0.1) is 5.10 Å². The Morgan fingerprint density at radius 3 is 2.50 bits per heavy atom. The van der Waals surface area contributed by atoms with E-state index in [0.29, 0.717) is 47.6 Å². The van der Waals surface area contributed by atoms with Gasteiger partial charge >= 0.3 is 6.09 Å². The lowest BCUT2D eigenvalue weighted by molar-refractivity contribution is -0.144. The van der Waals surface area contributed by atoms with Crippen molar-refractivity contribution < 1.29 is 23.9 Å². The van der Waals surface area contributed by atoms with E-state index in [9.17, 15) is 14.4 Å². The Hall–Kier alpha value is -4.00. The molecule has 0 saturated carbocycles. The summed E-state index contributed by atoms with van der Waals surface area (Å²) in [6, 6.07) is 10.2. The van der Waals surface area contributed by atoms with E-state index in [4.69, 9.17) is 32.7 Å². The zero-order chi connectivity index (χ0) is 32.3. The van der Waals surface area contributed by atoms with Crippen molar-refractivity contribution in [2.24, 2.45) is 11.8 Å². The molecule has 12 nitrogen and oxygen atoms in total. The van der Waals surface area contributed by atoms with Crippen molar-refractivity contribution in [1.29, 1.82) is 0 Å². The Morgan fingerprint density at radius 1 is 1.09 bits per heavy atom. The SMILES string of the molecule is CCOC(=O)N1CCN(C(=O)[C@H]2[C@H]3C=C[C@]4(CN([C@H](c5ccc(Cl)cc5Cl)c5nnnn5-c5c(C)cccc5C)C(=O)[C@@H]24)O3)CC1. The number of ether oxygens (including phenoxy) is 2. The minimum Gasteiger partial charge on any atom is -0.450 e. The first-order valence-corrected chi connectivity index (χ1v) is 16.1. The number of tetrazole rings is 1. The third kappa shape index (κ3) is 4.85. The second-order valence-corrected chi connectivity index (χ2v) is 13.0. The smallest absolute Gasteiger partial charge is 0.409 e. The molecule has 2 aromatic carbocycles. The Kier molecular flexibility index (Phi) is 7.77. The maximum atomic E-state index is 14.7. The minimum absolute atomic E-state index is 0.165. The van der Waals surface area contributed by atoms with Crippen LogP contribution in [0.15, 0.2) is 48.6 Å². The van der Waals surface area contributed by atoms with Gasteiger partial charge in [0, 0.05) is 41.8 Å². The number of fused-ring (bicyclic) bond motifs is 1. The molecule has 2 bridgehead atoms. The van der Waals surface area contributed by atoms with Crippen molar-refractivity contribution in [3.8, 4) is 5.69 Å². The lowest BCUT2D eigenvalue weighted by atomic mass is 9.76. The molecule has 46 heavy (non-hydrogen) atoms. The normalized spacial score (nSPS) is 25.7. The summed E-state index contributed by atoms with van der Waals surface area (Å²) in [6.45, 7) is 7.56. The molecule has 3 fully saturated rings. The molecule has 5 heterocycles. The molecule has 240 valence electrons. The lowest BCUT2D eigenvalue weighted by Gasteiger charge is -2.37. The van der Waals surface area contributed by atoms with Gasteiger partial charge in [0.25, 0.3) is 0 Å². The molecule has 0 unspecified atom stereocenters. The highest BCUT2D eigenvalue weighted by atomic mass is 35.5. The van der Waals surface area contributed by atoms with E-state index in [1.54, 1.807) is 44.5 Å². The molecule has 1 aromatic heterocycles. The van der Waals surface area contributed by atoms with Gasteiger partial charge in [-0.05, 0) is 54.5 Å². The van der Waals surface area contributed by atoms with Gasteiger partial charge in [0.05, 0.1) is 36.8 Å². The number of aryl methyl sites for hydroxylation is 2. The van der Waals surface area contributed by atoms with Gasteiger partial charge in [-0.1, -0.05) is 59.6 Å². The fraction of sp³-hybridized carbons (Fsp3) is 0.438. The number of hydrogen-bond acceptors (Lipinski definition) is 8. The topological polar surface area (TPSA) is 123 Å². The molecule has 0 aliphatic carbocycles. The Balaban J connectivity index is 1.24. The molecule has 7 rings (SSSR count). The second-order valence-electron chi connectivity index (χ2n) is 12.1. The second kappa shape index (κ2) is 11.7. The van der Waals surface area contributed by atoms with Gasteiger partial charge in [0.15, 0.2) is 5.82 Å². The number of benzene rings is 2. The Morgan fingerprint density at radius 2 is 1.80 bits per heavy atom. The van der Waals surface area contributed by atoms with Crippen LogP contribution in [0.2, 0.25) is 10.0 Å². The van der Waals surface area contributed by atoms with Gasteiger partial charge in [-0.25, -0.2) is 4.79 Å². The number of nitrogens with zero attached hydrogens (tertiary/aromatic N) is 7. The fourth-order valence-electron chi connectivity index (χ4n) is 7.40. The summed E-state index contributed by atoms with van der Waals surface area (Å²) >= 11 is 13.1. The molecule has 4 aliphatic rings. The largest absolute Gasteiger partial charge is 0.450 e. The summed E-state index contributed by atoms with van der Waals surface area (Å²) in [5.41, 5.74) is 2.31. The summed E-state index contributed by atoms with van der Waals surface area (Å²) in [7, 11) is 0. The molecule has 3 saturated heterocycles. The highest BCUT2D eigenvalue weighted by molar-refractivity contribution is 6.35. The summed E-state index contributed by atoms with van der Waals surface area (Å²) in [6.07, 6.45) is 2.88. The number of halogens is 2. The van der Waals surface area contributed by atoms with E-state index in [2.05, 4.69) is 15.5 Å². The van der Waals surface area contributed by atoms with Crippen molar-refractivity contribution in [2.45, 2.75) is 38.5 Å². The third-order valence-corrected chi connectivity index (χ3v) is 10.1. The summed E-state index contributed by atoms with van der Waals surface area (Å²) in [5.74, 6) is -1.49. The third-order valence-electron chi connectivity index (χ3n) is 9.49. The number of rotatable bonds is 6.